The van der Waals surface area contributed by atoms with Gasteiger partial charge in [0, 0.05) is 16.1 Å². The summed E-state index contributed by atoms with van der Waals surface area (Å²) in [6, 6.07) is 14.6. The zero-order valence-electron chi connectivity index (χ0n) is 8.48. The maximum Gasteiger partial charge on any atom is 0.248 e. The lowest BCUT2D eigenvalue weighted by Gasteiger charge is -2.05. The summed E-state index contributed by atoms with van der Waals surface area (Å²) in [4.78, 5) is 11.1. The van der Waals surface area contributed by atoms with Crippen LogP contribution in [0, 0.1) is 0 Å². The van der Waals surface area contributed by atoms with Crippen molar-refractivity contribution < 1.29 is 4.79 Å². The van der Waals surface area contributed by atoms with Crippen molar-refractivity contribution in [3.8, 4) is 11.1 Å². The molecule has 0 aliphatic heterocycles. The molecule has 0 bridgehead atoms. The molecule has 0 spiro atoms. The Kier molecular flexibility index (Phi) is 2.93. The molecule has 0 aliphatic carbocycles. The first-order valence-corrected chi connectivity index (χ1v) is 5.21. The zero-order valence-corrected chi connectivity index (χ0v) is 9.24. The maximum absolute atomic E-state index is 11.1. The van der Waals surface area contributed by atoms with Gasteiger partial charge >= 0.3 is 0 Å². The molecule has 1 amide bonds. The topological polar surface area (TPSA) is 43.1 Å². The van der Waals surface area contributed by atoms with E-state index in [2.05, 4.69) is 0 Å². The molecule has 0 radical (unpaired) electrons. The molecule has 2 nitrogen and oxygen atoms in total. The predicted molar refractivity (Wildman–Crippen MR) is 65.4 cm³/mol. The summed E-state index contributed by atoms with van der Waals surface area (Å²) in [6.07, 6.45) is 0. The molecule has 2 aromatic rings. The third-order valence-corrected chi connectivity index (χ3v) is 2.66. The number of hydrogen-bond acceptors (Lipinski definition) is 1. The molecule has 0 unspecified atom stereocenters. The van der Waals surface area contributed by atoms with Crippen LogP contribution in [0.25, 0.3) is 11.1 Å². The Morgan fingerprint density at radius 1 is 1.06 bits per heavy atom. The highest BCUT2D eigenvalue weighted by molar-refractivity contribution is 6.33. The molecule has 0 saturated heterocycles. The number of halogens is 1. The van der Waals surface area contributed by atoms with Crippen LogP contribution in [0.1, 0.15) is 10.4 Å². The highest BCUT2D eigenvalue weighted by atomic mass is 35.5. The maximum atomic E-state index is 11.1. The van der Waals surface area contributed by atoms with E-state index in [0.29, 0.717) is 10.6 Å². The lowest BCUT2D eigenvalue weighted by molar-refractivity contribution is 0.100. The minimum absolute atomic E-state index is 0.436. The van der Waals surface area contributed by atoms with Crippen molar-refractivity contribution in [2.24, 2.45) is 5.73 Å². The number of primary amides is 1. The van der Waals surface area contributed by atoms with E-state index in [1.54, 1.807) is 18.2 Å². The van der Waals surface area contributed by atoms with E-state index in [4.69, 9.17) is 17.3 Å². The van der Waals surface area contributed by atoms with Crippen molar-refractivity contribution >= 4 is 17.5 Å². The van der Waals surface area contributed by atoms with E-state index in [0.717, 1.165) is 11.1 Å². The van der Waals surface area contributed by atoms with E-state index >= 15 is 0 Å². The van der Waals surface area contributed by atoms with Crippen molar-refractivity contribution in [1.29, 1.82) is 0 Å². The van der Waals surface area contributed by atoms with Crippen LogP contribution in [0.3, 0.4) is 0 Å². The number of nitrogens with two attached hydrogens (primary N) is 1. The van der Waals surface area contributed by atoms with Crippen LogP contribution in [0.4, 0.5) is 0 Å². The fourth-order valence-corrected chi connectivity index (χ4v) is 1.78. The van der Waals surface area contributed by atoms with Crippen LogP contribution in [0.5, 0.6) is 0 Å². The average Bonchev–Trinajstić information content (AvgIpc) is 2.30. The highest BCUT2D eigenvalue weighted by Crippen LogP contribution is 2.27. The van der Waals surface area contributed by atoms with E-state index in [9.17, 15) is 4.79 Å². The van der Waals surface area contributed by atoms with Gasteiger partial charge in [-0.1, -0.05) is 41.9 Å². The quantitative estimate of drug-likeness (QED) is 0.848. The van der Waals surface area contributed by atoms with Crippen LogP contribution in [-0.2, 0) is 0 Å². The van der Waals surface area contributed by atoms with Crippen molar-refractivity contribution in [2.75, 3.05) is 0 Å². The van der Waals surface area contributed by atoms with Crippen LogP contribution in [-0.4, -0.2) is 5.91 Å². The normalized spacial score (nSPS) is 10.1. The molecule has 3 heteroatoms. The van der Waals surface area contributed by atoms with Crippen LogP contribution in [0.2, 0.25) is 5.02 Å². The molecule has 2 aromatic carbocycles. The Hall–Kier alpha value is -1.80. The largest absolute Gasteiger partial charge is 0.366 e. The first kappa shape index (κ1) is 10.7. The summed E-state index contributed by atoms with van der Waals surface area (Å²) in [6.45, 7) is 0. The van der Waals surface area contributed by atoms with Crippen molar-refractivity contribution in [1.82, 2.24) is 0 Å². The van der Waals surface area contributed by atoms with Gasteiger partial charge in [-0.15, -0.1) is 0 Å². The van der Waals surface area contributed by atoms with Gasteiger partial charge in [0.05, 0.1) is 0 Å². The summed E-state index contributed by atoms with van der Waals surface area (Å²) < 4.78 is 0. The van der Waals surface area contributed by atoms with Crippen molar-refractivity contribution in [2.45, 2.75) is 0 Å². The van der Waals surface area contributed by atoms with Gasteiger partial charge in [0.25, 0.3) is 0 Å². The molecule has 2 N–H and O–H groups in total. The molecule has 0 fully saturated rings. The molecule has 80 valence electrons. The van der Waals surface area contributed by atoms with Crippen LogP contribution >= 0.6 is 11.6 Å². The van der Waals surface area contributed by atoms with Gasteiger partial charge in [0.1, 0.15) is 0 Å². The van der Waals surface area contributed by atoms with Gasteiger partial charge < -0.3 is 5.73 Å². The molecule has 0 atom stereocenters. The van der Waals surface area contributed by atoms with Crippen LogP contribution in [0.15, 0.2) is 48.5 Å². The monoisotopic (exact) mass is 231 g/mol. The lowest BCUT2D eigenvalue weighted by atomic mass is 10.0. The molecule has 16 heavy (non-hydrogen) atoms. The fourth-order valence-electron chi connectivity index (χ4n) is 1.54. The lowest BCUT2D eigenvalue weighted by Crippen LogP contribution is -2.10. The summed E-state index contributed by atoms with van der Waals surface area (Å²) in [5, 5.41) is 0.657. The molecule has 0 saturated carbocycles. The fraction of sp³-hybridized carbons (Fsp3) is 0. The standard InChI is InChI=1S/C13H10ClNO/c14-12-7-2-1-6-11(12)9-4-3-5-10(8-9)13(15)16/h1-8H,(H2,15,16). The zero-order chi connectivity index (χ0) is 11.5. The minimum atomic E-state index is -0.436. The predicted octanol–water partition coefficient (Wildman–Crippen LogP) is 3.11. The van der Waals surface area contributed by atoms with E-state index in [-0.39, 0.29) is 0 Å². The van der Waals surface area contributed by atoms with E-state index < -0.39 is 5.91 Å². The Morgan fingerprint density at radius 3 is 2.50 bits per heavy atom. The van der Waals surface area contributed by atoms with Gasteiger partial charge in [-0.2, -0.15) is 0 Å². The Bertz CT molecular complexity index is 537. The SMILES string of the molecule is NC(=O)c1cccc(-c2ccccc2Cl)c1. The third kappa shape index (κ3) is 2.07. The van der Waals surface area contributed by atoms with Gasteiger partial charge in [-0.05, 0) is 23.8 Å². The number of amides is 1. The number of carbonyl (C=O) groups is 1. The first-order chi connectivity index (χ1) is 7.68. The summed E-state index contributed by atoms with van der Waals surface area (Å²) >= 11 is 6.07. The van der Waals surface area contributed by atoms with Gasteiger partial charge in [0.2, 0.25) is 5.91 Å². The second-order valence-electron chi connectivity index (χ2n) is 3.42. The summed E-state index contributed by atoms with van der Waals surface area (Å²) in [7, 11) is 0. The van der Waals surface area contributed by atoms with Gasteiger partial charge in [-0.3, -0.25) is 4.79 Å². The van der Waals surface area contributed by atoms with E-state index in [1.807, 2.05) is 30.3 Å². The van der Waals surface area contributed by atoms with Crippen LogP contribution < -0.4 is 5.73 Å². The number of rotatable bonds is 2. The summed E-state index contributed by atoms with van der Waals surface area (Å²) in [5.41, 5.74) is 7.50. The van der Waals surface area contributed by atoms with E-state index in [1.165, 1.54) is 0 Å². The molecule has 0 heterocycles. The third-order valence-electron chi connectivity index (χ3n) is 2.33. The first-order valence-electron chi connectivity index (χ1n) is 4.83. The number of hydrogen-bond donors (Lipinski definition) is 1. The second-order valence-corrected chi connectivity index (χ2v) is 3.83. The van der Waals surface area contributed by atoms with Crippen molar-refractivity contribution in [3.63, 3.8) is 0 Å². The second kappa shape index (κ2) is 4.37. The average molecular weight is 232 g/mol. The smallest absolute Gasteiger partial charge is 0.248 e. The van der Waals surface area contributed by atoms with Gasteiger partial charge in [-0.25, -0.2) is 0 Å². The molecule has 0 aliphatic rings. The minimum Gasteiger partial charge on any atom is -0.366 e. The van der Waals surface area contributed by atoms with Gasteiger partial charge in [0.15, 0.2) is 0 Å². The molecule has 2 rings (SSSR count). The molecule has 0 aromatic heterocycles. The Morgan fingerprint density at radius 2 is 1.81 bits per heavy atom. The Labute approximate surface area is 98.7 Å². The number of benzene rings is 2. The molecular weight excluding hydrogens is 222 g/mol. The molecular formula is C13H10ClNO. The summed E-state index contributed by atoms with van der Waals surface area (Å²) in [5.74, 6) is -0.436. The highest BCUT2D eigenvalue weighted by Gasteiger charge is 2.05. The van der Waals surface area contributed by atoms with Crippen molar-refractivity contribution in [3.05, 3.63) is 59.1 Å². The Balaban J connectivity index is 2.53. The number of carbonyl (C=O) groups excluding carboxylic acids is 1.